The van der Waals surface area contributed by atoms with Gasteiger partial charge >= 0.3 is 0 Å². The largest absolute Gasteiger partial charge is 0.295 e. The molecule has 4 aromatic rings. The number of nitrogens with one attached hydrogen (secondary N) is 3. The van der Waals surface area contributed by atoms with Gasteiger partial charge < -0.3 is 0 Å². The highest BCUT2D eigenvalue weighted by molar-refractivity contribution is 7.89. The van der Waals surface area contributed by atoms with Crippen molar-refractivity contribution in [3.8, 4) is 0 Å². The summed E-state index contributed by atoms with van der Waals surface area (Å²) in [5.74, 6) is -1.63. The lowest BCUT2D eigenvalue weighted by molar-refractivity contribution is -0.124. The third-order valence-electron chi connectivity index (χ3n) is 5.48. The van der Waals surface area contributed by atoms with E-state index in [-0.39, 0.29) is 16.5 Å². The molecule has 34 heavy (non-hydrogen) atoms. The van der Waals surface area contributed by atoms with Crippen LogP contribution >= 0.6 is 0 Å². The summed E-state index contributed by atoms with van der Waals surface area (Å²) in [5.41, 5.74) is 6.07. The van der Waals surface area contributed by atoms with Crippen molar-refractivity contribution in [2.75, 3.05) is 0 Å². The highest BCUT2D eigenvalue weighted by Crippen LogP contribution is 2.20. The Bertz CT molecular complexity index is 1490. The van der Waals surface area contributed by atoms with Crippen LogP contribution in [0.3, 0.4) is 0 Å². The number of sulfonamides is 1. The summed E-state index contributed by atoms with van der Waals surface area (Å²) >= 11 is 0. The van der Waals surface area contributed by atoms with Gasteiger partial charge in [-0.3, -0.25) is 24.8 Å². The Hall–Kier alpha value is -3.76. The minimum absolute atomic E-state index is 0.0510. The predicted molar refractivity (Wildman–Crippen MR) is 128 cm³/mol. The molecule has 0 aliphatic rings. The minimum atomic E-state index is -4.00. The van der Waals surface area contributed by atoms with Gasteiger partial charge in [-0.25, -0.2) is 13.4 Å². The van der Waals surface area contributed by atoms with E-state index >= 15 is 0 Å². The molecule has 0 radical (unpaired) electrons. The molecule has 1 unspecified atom stereocenters. The summed E-state index contributed by atoms with van der Waals surface area (Å²) in [6, 6.07) is 16.4. The van der Waals surface area contributed by atoms with Gasteiger partial charge in [0, 0.05) is 6.20 Å². The molecule has 3 N–H and O–H groups in total. The van der Waals surface area contributed by atoms with Crippen molar-refractivity contribution in [1.82, 2.24) is 25.0 Å². The first-order chi connectivity index (χ1) is 16.2. The molecule has 0 aliphatic heterocycles. The number of pyridine rings is 1. The maximum Gasteiger partial charge on any atom is 0.288 e. The van der Waals surface area contributed by atoms with E-state index in [0.29, 0.717) is 11.3 Å². The van der Waals surface area contributed by atoms with Gasteiger partial charge in [-0.05, 0) is 47.9 Å². The van der Waals surface area contributed by atoms with Gasteiger partial charge in [0.2, 0.25) is 10.0 Å². The smallest absolute Gasteiger partial charge is 0.288 e. The molecule has 2 heterocycles. The van der Waals surface area contributed by atoms with E-state index in [9.17, 15) is 18.0 Å². The molecule has 10 heteroatoms. The van der Waals surface area contributed by atoms with Crippen molar-refractivity contribution in [2.24, 2.45) is 5.92 Å². The number of hydrogen-bond donors (Lipinski definition) is 3. The Morgan fingerprint density at radius 3 is 2.38 bits per heavy atom. The summed E-state index contributed by atoms with van der Waals surface area (Å²) in [6.07, 6.45) is 1.70. The zero-order chi connectivity index (χ0) is 24.5. The van der Waals surface area contributed by atoms with Crippen molar-refractivity contribution in [3.05, 3.63) is 78.2 Å². The Morgan fingerprint density at radius 1 is 0.941 bits per heavy atom. The molecule has 2 aromatic heterocycles. The lowest BCUT2D eigenvalue weighted by atomic mass is 10.1. The number of hydrazine groups is 1. The molecule has 0 spiro atoms. The van der Waals surface area contributed by atoms with Crippen molar-refractivity contribution < 1.29 is 18.0 Å². The van der Waals surface area contributed by atoms with Gasteiger partial charge in [-0.2, -0.15) is 4.72 Å². The zero-order valence-electron chi connectivity index (χ0n) is 18.9. The molecule has 176 valence electrons. The van der Waals surface area contributed by atoms with Crippen LogP contribution in [0.1, 0.15) is 30.0 Å². The van der Waals surface area contributed by atoms with Crippen LogP contribution in [-0.4, -0.2) is 35.7 Å². The van der Waals surface area contributed by atoms with Crippen molar-refractivity contribution in [2.45, 2.75) is 31.7 Å². The van der Waals surface area contributed by atoms with E-state index in [1.54, 1.807) is 61.7 Å². The van der Waals surface area contributed by atoms with Crippen LogP contribution in [0.5, 0.6) is 0 Å². The van der Waals surface area contributed by atoms with E-state index in [0.717, 1.165) is 10.8 Å². The number of aryl methyl sites for hydroxylation is 1. The third-order valence-corrected chi connectivity index (χ3v) is 6.92. The number of fused-ring (bicyclic) bond motifs is 2. The quantitative estimate of drug-likeness (QED) is 0.367. The lowest BCUT2D eigenvalue weighted by Crippen LogP contribution is -2.54. The highest BCUT2D eigenvalue weighted by atomic mass is 32.2. The van der Waals surface area contributed by atoms with E-state index in [2.05, 4.69) is 20.6 Å². The second kappa shape index (κ2) is 9.24. The van der Waals surface area contributed by atoms with Gasteiger partial charge in [0.25, 0.3) is 11.8 Å². The van der Waals surface area contributed by atoms with Crippen LogP contribution < -0.4 is 15.6 Å². The molecule has 0 saturated heterocycles. The normalized spacial score (nSPS) is 12.7. The standard InChI is InChI=1S/C24H25N5O4S/c1-15(2)21(28-34(32,33)19-12-11-17-8-4-5-9-18(17)14-19)23(30)26-27-24(31)22-16(3)25-20-10-6-7-13-29(20)22/h4-15,21,28H,1-3H3,(H,26,30)(H,27,31). The number of nitrogens with zero attached hydrogens (tertiary/aromatic N) is 2. The van der Waals surface area contributed by atoms with Gasteiger partial charge in [-0.1, -0.05) is 50.2 Å². The maximum atomic E-state index is 13.0. The third kappa shape index (κ3) is 4.63. The van der Waals surface area contributed by atoms with Crippen molar-refractivity contribution >= 4 is 38.3 Å². The number of rotatable bonds is 6. The number of hydrogen-bond acceptors (Lipinski definition) is 5. The molecule has 4 rings (SSSR count). The first-order valence-electron chi connectivity index (χ1n) is 10.7. The van der Waals surface area contributed by atoms with Crippen LogP contribution in [0.15, 0.2) is 71.8 Å². The van der Waals surface area contributed by atoms with Crippen LogP contribution in [0.2, 0.25) is 0 Å². The topological polar surface area (TPSA) is 122 Å². The fourth-order valence-corrected chi connectivity index (χ4v) is 5.08. The number of carbonyl (C=O) groups is 2. The molecule has 0 bridgehead atoms. The van der Waals surface area contributed by atoms with Gasteiger partial charge in [-0.15, -0.1) is 0 Å². The van der Waals surface area contributed by atoms with Crippen LogP contribution in [0, 0.1) is 12.8 Å². The summed E-state index contributed by atoms with van der Waals surface area (Å²) in [5, 5.41) is 1.68. The lowest BCUT2D eigenvalue weighted by Gasteiger charge is -2.22. The summed E-state index contributed by atoms with van der Waals surface area (Å²) < 4.78 is 30.1. The SMILES string of the molecule is Cc1nc2ccccn2c1C(=O)NNC(=O)C(NS(=O)(=O)c1ccc2ccccc2c1)C(C)C. The fraction of sp³-hybridized carbons (Fsp3) is 0.208. The minimum Gasteiger partial charge on any atom is -0.295 e. The Morgan fingerprint density at radius 2 is 1.65 bits per heavy atom. The summed E-state index contributed by atoms with van der Waals surface area (Å²) in [6.45, 7) is 5.12. The first-order valence-corrected chi connectivity index (χ1v) is 12.2. The second-order valence-corrected chi connectivity index (χ2v) is 9.98. The zero-order valence-corrected chi connectivity index (χ0v) is 19.8. The van der Waals surface area contributed by atoms with Crippen molar-refractivity contribution in [1.29, 1.82) is 0 Å². The number of amides is 2. The summed E-state index contributed by atoms with van der Waals surface area (Å²) in [4.78, 5) is 30.0. The van der Waals surface area contributed by atoms with Crippen molar-refractivity contribution in [3.63, 3.8) is 0 Å². The number of aromatic nitrogens is 2. The number of imidazole rings is 1. The molecule has 0 fully saturated rings. The molecule has 0 aliphatic carbocycles. The molecular weight excluding hydrogens is 454 g/mol. The average Bonchev–Trinajstić information content (AvgIpc) is 3.16. The van der Waals surface area contributed by atoms with Gasteiger partial charge in [0.05, 0.1) is 10.6 Å². The van der Waals surface area contributed by atoms with Crippen LogP contribution in [0.4, 0.5) is 0 Å². The van der Waals surface area contributed by atoms with Crippen LogP contribution in [-0.2, 0) is 14.8 Å². The Balaban J connectivity index is 1.49. The number of benzene rings is 2. The average molecular weight is 480 g/mol. The molecule has 2 amide bonds. The van der Waals surface area contributed by atoms with E-state index in [1.165, 1.54) is 6.07 Å². The van der Waals surface area contributed by atoms with Gasteiger partial charge in [0.1, 0.15) is 17.4 Å². The molecule has 9 nitrogen and oxygen atoms in total. The molecule has 2 aromatic carbocycles. The first kappa shape index (κ1) is 23.4. The molecular formula is C24H25N5O4S. The van der Waals surface area contributed by atoms with E-state index < -0.39 is 27.9 Å². The monoisotopic (exact) mass is 479 g/mol. The van der Waals surface area contributed by atoms with Crippen LogP contribution in [0.25, 0.3) is 16.4 Å². The fourth-order valence-electron chi connectivity index (χ4n) is 3.70. The van der Waals surface area contributed by atoms with E-state index in [1.807, 2.05) is 24.3 Å². The molecule has 1 atom stereocenters. The Kier molecular flexibility index (Phi) is 6.36. The van der Waals surface area contributed by atoms with E-state index in [4.69, 9.17) is 0 Å². The highest BCUT2D eigenvalue weighted by Gasteiger charge is 2.29. The second-order valence-electron chi connectivity index (χ2n) is 8.27. The number of carbonyl (C=O) groups excluding carboxylic acids is 2. The van der Waals surface area contributed by atoms with Gasteiger partial charge in [0.15, 0.2) is 0 Å². The maximum absolute atomic E-state index is 13.0. The Labute approximate surface area is 197 Å². The summed E-state index contributed by atoms with van der Waals surface area (Å²) in [7, 11) is -4.00. The molecule has 0 saturated carbocycles. The predicted octanol–water partition coefficient (Wildman–Crippen LogP) is 2.56.